The van der Waals surface area contributed by atoms with E-state index in [2.05, 4.69) is 10.3 Å². The zero-order chi connectivity index (χ0) is 10.3. The molecule has 3 N–H and O–H groups in total. The first-order chi connectivity index (χ1) is 6.06. The van der Waals surface area contributed by atoms with Crippen molar-refractivity contribution in [1.29, 1.82) is 0 Å². The quantitative estimate of drug-likeness (QED) is 0.488. The summed E-state index contributed by atoms with van der Waals surface area (Å²) in [5, 5.41) is 2.74. The van der Waals surface area contributed by atoms with E-state index in [0.717, 1.165) is 12.8 Å². The fourth-order valence-electron chi connectivity index (χ4n) is 0.876. The topological polar surface area (TPSA) is 67.5 Å². The molecule has 0 aromatic heterocycles. The maximum Gasteiger partial charge on any atom is 0.241 e. The molecule has 0 aliphatic carbocycles. The van der Waals surface area contributed by atoms with E-state index in [1.807, 2.05) is 20.8 Å². The Labute approximate surface area is 79.6 Å². The lowest BCUT2D eigenvalue weighted by molar-refractivity contribution is -0.120. The van der Waals surface area contributed by atoms with Crippen LogP contribution in [0.15, 0.2) is 4.99 Å². The SMILES string of the molecule is CCCC(N)=NCC(=O)NC(C)C. The molecule has 0 radical (unpaired) electrons. The van der Waals surface area contributed by atoms with Gasteiger partial charge in [0.05, 0.1) is 5.84 Å². The van der Waals surface area contributed by atoms with Gasteiger partial charge in [0.25, 0.3) is 0 Å². The monoisotopic (exact) mass is 185 g/mol. The molecular formula is C9H19N3O. The molecule has 4 nitrogen and oxygen atoms in total. The highest BCUT2D eigenvalue weighted by atomic mass is 16.1. The summed E-state index contributed by atoms with van der Waals surface area (Å²) in [5.41, 5.74) is 5.53. The molecular weight excluding hydrogens is 166 g/mol. The van der Waals surface area contributed by atoms with E-state index in [0.29, 0.717) is 5.84 Å². The molecule has 0 atom stereocenters. The minimum absolute atomic E-state index is 0.0750. The molecule has 0 aliphatic rings. The summed E-state index contributed by atoms with van der Waals surface area (Å²) >= 11 is 0. The summed E-state index contributed by atoms with van der Waals surface area (Å²) in [4.78, 5) is 15.0. The molecule has 0 unspecified atom stereocenters. The van der Waals surface area contributed by atoms with Crippen LogP contribution in [-0.2, 0) is 4.79 Å². The van der Waals surface area contributed by atoms with Gasteiger partial charge in [-0.3, -0.25) is 9.79 Å². The van der Waals surface area contributed by atoms with Gasteiger partial charge in [0.2, 0.25) is 5.91 Å². The number of hydrogen-bond donors (Lipinski definition) is 2. The van der Waals surface area contributed by atoms with Crippen LogP contribution in [0.3, 0.4) is 0 Å². The fourth-order valence-corrected chi connectivity index (χ4v) is 0.876. The average Bonchev–Trinajstić information content (AvgIpc) is 2.00. The lowest BCUT2D eigenvalue weighted by Gasteiger charge is -2.06. The van der Waals surface area contributed by atoms with Crippen molar-refractivity contribution >= 4 is 11.7 Å². The minimum atomic E-state index is -0.0750. The Balaban J connectivity index is 3.73. The molecule has 0 saturated heterocycles. The highest BCUT2D eigenvalue weighted by Gasteiger charge is 2.01. The van der Waals surface area contributed by atoms with Gasteiger partial charge in [-0.2, -0.15) is 0 Å². The van der Waals surface area contributed by atoms with Crippen molar-refractivity contribution in [3.63, 3.8) is 0 Å². The molecule has 4 heteroatoms. The molecule has 0 aromatic carbocycles. The number of nitrogens with one attached hydrogen (secondary N) is 1. The Bertz CT molecular complexity index is 187. The Morgan fingerprint density at radius 3 is 2.62 bits per heavy atom. The third-order valence-electron chi connectivity index (χ3n) is 1.38. The first-order valence-corrected chi connectivity index (χ1v) is 4.64. The predicted molar refractivity (Wildman–Crippen MR) is 54.7 cm³/mol. The largest absolute Gasteiger partial charge is 0.387 e. The van der Waals surface area contributed by atoms with Crippen LogP contribution >= 0.6 is 0 Å². The lowest BCUT2D eigenvalue weighted by Crippen LogP contribution is -2.32. The van der Waals surface area contributed by atoms with Crippen molar-refractivity contribution in [3.05, 3.63) is 0 Å². The highest BCUT2D eigenvalue weighted by molar-refractivity contribution is 5.85. The zero-order valence-corrected chi connectivity index (χ0v) is 8.63. The second-order valence-electron chi connectivity index (χ2n) is 3.28. The van der Waals surface area contributed by atoms with Crippen LogP contribution in [0.2, 0.25) is 0 Å². The number of nitrogens with zero attached hydrogens (tertiary/aromatic N) is 1. The fraction of sp³-hybridized carbons (Fsp3) is 0.778. The number of hydrogen-bond acceptors (Lipinski definition) is 2. The van der Waals surface area contributed by atoms with Gasteiger partial charge in [0.15, 0.2) is 0 Å². The van der Waals surface area contributed by atoms with Gasteiger partial charge in [0.1, 0.15) is 6.54 Å². The van der Waals surface area contributed by atoms with E-state index >= 15 is 0 Å². The molecule has 0 bridgehead atoms. The van der Waals surface area contributed by atoms with E-state index < -0.39 is 0 Å². The maximum absolute atomic E-state index is 11.1. The van der Waals surface area contributed by atoms with Crippen molar-refractivity contribution in [1.82, 2.24) is 5.32 Å². The first-order valence-electron chi connectivity index (χ1n) is 4.64. The Kier molecular flexibility index (Phi) is 5.93. The number of amidine groups is 1. The molecule has 13 heavy (non-hydrogen) atoms. The van der Waals surface area contributed by atoms with Crippen LogP contribution in [0.25, 0.3) is 0 Å². The van der Waals surface area contributed by atoms with Crippen LogP contribution in [0.1, 0.15) is 33.6 Å². The third-order valence-corrected chi connectivity index (χ3v) is 1.38. The average molecular weight is 185 g/mol. The van der Waals surface area contributed by atoms with Gasteiger partial charge >= 0.3 is 0 Å². The molecule has 0 spiro atoms. The van der Waals surface area contributed by atoms with Gasteiger partial charge in [-0.15, -0.1) is 0 Å². The standard InChI is InChI=1S/C9H19N3O/c1-4-5-8(10)11-6-9(13)12-7(2)3/h7H,4-6H2,1-3H3,(H2,10,11)(H,12,13). The van der Waals surface area contributed by atoms with Crippen LogP contribution in [0.5, 0.6) is 0 Å². The molecule has 0 heterocycles. The third kappa shape index (κ3) is 7.31. The van der Waals surface area contributed by atoms with Gasteiger partial charge < -0.3 is 11.1 Å². The van der Waals surface area contributed by atoms with Crippen molar-refractivity contribution < 1.29 is 4.79 Å². The van der Waals surface area contributed by atoms with Crippen LogP contribution < -0.4 is 11.1 Å². The zero-order valence-electron chi connectivity index (χ0n) is 8.63. The summed E-state index contributed by atoms with van der Waals surface area (Å²) in [6.07, 6.45) is 1.72. The van der Waals surface area contributed by atoms with Gasteiger partial charge in [-0.05, 0) is 20.3 Å². The highest BCUT2D eigenvalue weighted by Crippen LogP contribution is 1.87. The number of aliphatic imine (C=N–C) groups is 1. The van der Waals surface area contributed by atoms with E-state index in [9.17, 15) is 4.79 Å². The first kappa shape index (κ1) is 11.9. The van der Waals surface area contributed by atoms with Crippen molar-refractivity contribution in [2.45, 2.75) is 39.7 Å². The van der Waals surface area contributed by atoms with Crippen LogP contribution in [-0.4, -0.2) is 24.3 Å². The van der Waals surface area contributed by atoms with Gasteiger partial charge in [0, 0.05) is 12.5 Å². The summed E-state index contributed by atoms with van der Waals surface area (Å²) < 4.78 is 0. The molecule has 1 amide bonds. The summed E-state index contributed by atoms with van der Waals surface area (Å²) in [7, 11) is 0. The molecule has 0 rings (SSSR count). The summed E-state index contributed by atoms with van der Waals surface area (Å²) in [5.74, 6) is 0.482. The Morgan fingerprint density at radius 1 is 1.54 bits per heavy atom. The number of carbonyl (C=O) groups excluding carboxylic acids is 1. The molecule has 0 aromatic rings. The lowest BCUT2D eigenvalue weighted by atomic mass is 10.3. The second kappa shape index (κ2) is 6.46. The Morgan fingerprint density at radius 2 is 2.15 bits per heavy atom. The smallest absolute Gasteiger partial charge is 0.241 e. The van der Waals surface area contributed by atoms with Crippen molar-refractivity contribution in [2.75, 3.05) is 6.54 Å². The summed E-state index contributed by atoms with van der Waals surface area (Å²) in [6, 6.07) is 0.162. The molecule has 0 aliphatic heterocycles. The van der Waals surface area contributed by atoms with Gasteiger partial charge in [-0.1, -0.05) is 6.92 Å². The van der Waals surface area contributed by atoms with E-state index in [1.165, 1.54) is 0 Å². The molecule has 76 valence electrons. The maximum atomic E-state index is 11.1. The second-order valence-corrected chi connectivity index (χ2v) is 3.28. The number of carbonyl (C=O) groups is 1. The van der Waals surface area contributed by atoms with Crippen molar-refractivity contribution in [3.8, 4) is 0 Å². The Hall–Kier alpha value is -1.06. The van der Waals surface area contributed by atoms with E-state index in [4.69, 9.17) is 5.73 Å². The molecule has 0 fully saturated rings. The van der Waals surface area contributed by atoms with Crippen molar-refractivity contribution in [2.24, 2.45) is 10.7 Å². The predicted octanol–water partition coefficient (Wildman–Crippen LogP) is 0.668. The van der Waals surface area contributed by atoms with Gasteiger partial charge in [-0.25, -0.2) is 0 Å². The summed E-state index contributed by atoms with van der Waals surface area (Å²) in [6.45, 7) is 5.99. The van der Waals surface area contributed by atoms with E-state index in [1.54, 1.807) is 0 Å². The minimum Gasteiger partial charge on any atom is -0.387 e. The number of rotatable bonds is 5. The van der Waals surface area contributed by atoms with Crippen LogP contribution in [0.4, 0.5) is 0 Å². The molecule has 0 saturated carbocycles. The number of nitrogens with two attached hydrogens (primary N) is 1. The van der Waals surface area contributed by atoms with Crippen LogP contribution in [0, 0.1) is 0 Å². The number of amides is 1. The normalized spacial score (nSPS) is 11.8. The van der Waals surface area contributed by atoms with E-state index in [-0.39, 0.29) is 18.5 Å².